The van der Waals surface area contributed by atoms with Crippen LogP contribution in [-0.2, 0) is 4.79 Å². The van der Waals surface area contributed by atoms with Crippen molar-refractivity contribution in [2.24, 2.45) is 0 Å². The maximum absolute atomic E-state index is 10.9. The molecule has 0 saturated carbocycles. The molecule has 1 aromatic rings. The quantitative estimate of drug-likeness (QED) is 0.350. The standard InChI is InChI=1S/C11H13NO4S/c1-11(2,7-13)16-10-5-4-8(17-3)6-9(10)12(14)15/h4-7H,1-3H3. The van der Waals surface area contributed by atoms with Crippen LogP contribution in [0.25, 0.3) is 0 Å². The second kappa shape index (κ2) is 5.18. The first-order valence-corrected chi connectivity index (χ1v) is 6.10. The molecule has 0 aliphatic carbocycles. The van der Waals surface area contributed by atoms with E-state index < -0.39 is 10.5 Å². The lowest BCUT2D eigenvalue weighted by Crippen LogP contribution is -2.30. The Hall–Kier alpha value is -1.56. The molecule has 0 N–H and O–H groups in total. The van der Waals surface area contributed by atoms with Crippen LogP contribution in [-0.4, -0.2) is 23.1 Å². The Balaban J connectivity index is 3.15. The minimum atomic E-state index is -1.08. The van der Waals surface area contributed by atoms with Crippen LogP contribution in [0.5, 0.6) is 5.75 Å². The Morgan fingerprint density at radius 2 is 2.12 bits per heavy atom. The number of rotatable bonds is 5. The number of carbonyl (C=O) groups is 1. The highest BCUT2D eigenvalue weighted by Crippen LogP contribution is 2.33. The third-order valence-electron chi connectivity index (χ3n) is 2.02. The molecule has 0 aliphatic heterocycles. The molecule has 6 heteroatoms. The zero-order valence-corrected chi connectivity index (χ0v) is 10.6. The Labute approximate surface area is 103 Å². The summed E-state index contributed by atoms with van der Waals surface area (Å²) in [5, 5.41) is 10.9. The molecule has 0 spiro atoms. The fourth-order valence-electron chi connectivity index (χ4n) is 1.16. The number of thioether (sulfide) groups is 1. The van der Waals surface area contributed by atoms with Crippen molar-refractivity contribution < 1.29 is 14.5 Å². The van der Waals surface area contributed by atoms with Gasteiger partial charge in [0, 0.05) is 11.0 Å². The smallest absolute Gasteiger partial charge is 0.312 e. The van der Waals surface area contributed by atoms with E-state index in [1.807, 2.05) is 6.26 Å². The van der Waals surface area contributed by atoms with Crippen molar-refractivity contribution in [1.82, 2.24) is 0 Å². The number of nitrogens with zero attached hydrogens (tertiary/aromatic N) is 1. The van der Waals surface area contributed by atoms with Crippen LogP contribution in [0.1, 0.15) is 13.8 Å². The van der Waals surface area contributed by atoms with Gasteiger partial charge in [-0.2, -0.15) is 0 Å². The molecule has 0 radical (unpaired) electrons. The van der Waals surface area contributed by atoms with Crippen molar-refractivity contribution in [1.29, 1.82) is 0 Å². The lowest BCUT2D eigenvalue weighted by Gasteiger charge is -2.19. The monoisotopic (exact) mass is 255 g/mol. The van der Waals surface area contributed by atoms with E-state index in [0.29, 0.717) is 6.29 Å². The third kappa shape index (κ3) is 3.45. The lowest BCUT2D eigenvalue weighted by molar-refractivity contribution is -0.386. The molecule has 5 nitrogen and oxygen atoms in total. The van der Waals surface area contributed by atoms with E-state index >= 15 is 0 Å². The van der Waals surface area contributed by atoms with Gasteiger partial charge in [-0.1, -0.05) is 0 Å². The van der Waals surface area contributed by atoms with Gasteiger partial charge in [-0.15, -0.1) is 11.8 Å². The average Bonchev–Trinajstić information content (AvgIpc) is 2.29. The molecular weight excluding hydrogens is 242 g/mol. The van der Waals surface area contributed by atoms with Gasteiger partial charge in [-0.3, -0.25) is 14.9 Å². The topological polar surface area (TPSA) is 69.4 Å². The maximum atomic E-state index is 10.9. The maximum Gasteiger partial charge on any atom is 0.312 e. The molecule has 92 valence electrons. The Morgan fingerprint density at radius 3 is 2.59 bits per heavy atom. The number of ether oxygens (including phenoxy) is 1. The normalized spacial score (nSPS) is 11.0. The second-order valence-corrected chi connectivity index (χ2v) is 4.79. The summed E-state index contributed by atoms with van der Waals surface area (Å²) in [4.78, 5) is 21.9. The van der Waals surface area contributed by atoms with Crippen molar-refractivity contribution in [2.45, 2.75) is 24.3 Å². The Kier molecular flexibility index (Phi) is 4.11. The predicted octanol–water partition coefficient (Wildman–Crippen LogP) is 2.67. The second-order valence-electron chi connectivity index (χ2n) is 3.91. The highest BCUT2D eigenvalue weighted by molar-refractivity contribution is 7.98. The summed E-state index contributed by atoms with van der Waals surface area (Å²) in [6, 6.07) is 4.66. The highest BCUT2D eigenvalue weighted by atomic mass is 32.2. The summed E-state index contributed by atoms with van der Waals surface area (Å²) in [6.45, 7) is 3.10. The van der Waals surface area contributed by atoms with Crippen LogP contribution in [0.4, 0.5) is 5.69 Å². The molecule has 0 aromatic heterocycles. The third-order valence-corrected chi connectivity index (χ3v) is 2.74. The molecule has 0 heterocycles. The first-order chi connectivity index (χ1) is 7.89. The molecule has 0 fully saturated rings. The molecule has 17 heavy (non-hydrogen) atoms. The molecule has 0 unspecified atom stereocenters. The summed E-state index contributed by atoms with van der Waals surface area (Å²) < 4.78 is 5.32. The minimum absolute atomic E-state index is 0.102. The van der Waals surface area contributed by atoms with Gasteiger partial charge >= 0.3 is 5.69 Å². The van der Waals surface area contributed by atoms with Gasteiger partial charge in [0.25, 0.3) is 0 Å². The minimum Gasteiger partial charge on any atom is -0.473 e. The van der Waals surface area contributed by atoms with Gasteiger partial charge in [-0.05, 0) is 32.2 Å². The Morgan fingerprint density at radius 1 is 1.47 bits per heavy atom. The summed E-state index contributed by atoms with van der Waals surface area (Å²) in [6.07, 6.45) is 2.44. The van der Waals surface area contributed by atoms with E-state index in [9.17, 15) is 14.9 Å². The number of hydrogen-bond acceptors (Lipinski definition) is 5. The van der Waals surface area contributed by atoms with Crippen LogP contribution >= 0.6 is 11.8 Å². The van der Waals surface area contributed by atoms with Crippen LogP contribution in [0.15, 0.2) is 23.1 Å². The number of benzene rings is 1. The van der Waals surface area contributed by atoms with Crippen molar-refractivity contribution in [3.05, 3.63) is 28.3 Å². The zero-order valence-electron chi connectivity index (χ0n) is 9.80. The number of nitro benzene ring substituents is 1. The number of carbonyl (C=O) groups excluding carboxylic acids is 1. The average molecular weight is 255 g/mol. The van der Waals surface area contributed by atoms with Gasteiger partial charge in [0.2, 0.25) is 0 Å². The first kappa shape index (κ1) is 13.5. The first-order valence-electron chi connectivity index (χ1n) is 4.87. The number of hydrogen-bond donors (Lipinski definition) is 0. The summed E-state index contributed by atoms with van der Waals surface area (Å²) in [7, 11) is 0. The van der Waals surface area contributed by atoms with Crippen LogP contribution in [0.2, 0.25) is 0 Å². The predicted molar refractivity (Wildman–Crippen MR) is 65.6 cm³/mol. The molecular formula is C11H13NO4S. The van der Waals surface area contributed by atoms with Crippen LogP contribution < -0.4 is 4.74 Å². The van der Waals surface area contributed by atoms with E-state index in [4.69, 9.17) is 4.74 Å². The molecule has 0 saturated heterocycles. The Bertz CT molecular complexity index is 445. The molecule has 0 bridgehead atoms. The van der Waals surface area contributed by atoms with Crippen molar-refractivity contribution in [3.63, 3.8) is 0 Å². The SMILES string of the molecule is CSc1ccc(OC(C)(C)C=O)c([N+](=O)[O-])c1. The summed E-state index contributed by atoms with van der Waals surface area (Å²) in [5.74, 6) is 0.102. The van der Waals surface area contributed by atoms with E-state index in [-0.39, 0.29) is 11.4 Å². The zero-order chi connectivity index (χ0) is 13.1. The van der Waals surface area contributed by atoms with Gasteiger partial charge in [0.1, 0.15) is 0 Å². The van der Waals surface area contributed by atoms with Gasteiger partial charge in [0.05, 0.1) is 4.92 Å². The largest absolute Gasteiger partial charge is 0.473 e. The molecule has 0 aliphatic rings. The van der Waals surface area contributed by atoms with Crippen molar-refractivity contribution >= 4 is 23.7 Å². The van der Waals surface area contributed by atoms with Gasteiger partial charge < -0.3 is 4.74 Å². The fourth-order valence-corrected chi connectivity index (χ4v) is 1.59. The highest BCUT2D eigenvalue weighted by Gasteiger charge is 2.24. The van der Waals surface area contributed by atoms with E-state index in [1.54, 1.807) is 19.9 Å². The van der Waals surface area contributed by atoms with Crippen LogP contribution in [0.3, 0.4) is 0 Å². The molecule has 0 atom stereocenters. The van der Waals surface area contributed by atoms with E-state index in [1.165, 1.54) is 23.9 Å². The summed E-state index contributed by atoms with van der Waals surface area (Å²) in [5.41, 5.74) is -1.21. The van der Waals surface area contributed by atoms with Gasteiger partial charge in [-0.25, -0.2) is 0 Å². The van der Waals surface area contributed by atoms with Crippen molar-refractivity contribution in [3.8, 4) is 5.75 Å². The molecule has 1 aromatic carbocycles. The lowest BCUT2D eigenvalue weighted by atomic mass is 10.1. The number of aldehydes is 1. The van der Waals surface area contributed by atoms with Gasteiger partial charge in [0.15, 0.2) is 17.6 Å². The molecule has 1 rings (SSSR count). The molecule has 0 amide bonds. The van der Waals surface area contributed by atoms with Crippen molar-refractivity contribution in [2.75, 3.05) is 6.26 Å². The number of nitro groups is 1. The van der Waals surface area contributed by atoms with E-state index in [2.05, 4.69) is 0 Å². The van der Waals surface area contributed by atoms with E-state index in [0.717, 1.165) is 4.90 Å². The fraction of sp³-hybridized carbons (Fsp3) is 0.364. The summed E-state index contributed by atoms with van der Waals surface area (Å²) >= 11 is 1.40. The van der Waals surface area contributed by atoms with Crippen LogP contribution in [0, 0.1) is 10.1 Å².